The summed E-state index contributed by atoms with van der Waals surface area (Å²) in [6.45, 7) is 3.47. The van der Waals surface area contributed by atoms with E-state index in [0.29, 0.717) is 24.6 Å². The van der Waals surface area contributed by atoms with Gasteiger partial charge < -0.3 is 24.8 Å². The van der Waals surface area contributed by atoms with Crippen LogP contribution in [0.5, 0.6) is 11.5 Å². The van der Waals surface area contributed by atoms with Gasteiger partial charge in [0.05, 0.1) is 12.2 Å². The summed E-state index contributed by atoms with van der Waals surface area (Å²) in [5.74, 6) is 1.38. The van der Waals surface area contributed by atoms with Crippen molar-refractivity contribution in [3.8, 4) is 11.5 Å². The number of nitrogens with zero attached hydrogens (tertiary/aromatic N) is 1. The third-order valence-electron chi connectivity index (χ3n) is 3.87. The Morgan fingerprint density at radius 3 is 2.80 bits per heavy atom. The molecule has 6 heteroatoms. The second-order valence-corrected chi connectivity index (χ2v) is 5.93. The van der Waals surface area contributed by atoms with Crippen LogP contribution in [0.2, 0.25) is 0 Å². The zero-order valence-corrected chi connectivity index (χ0v) is 14.1. The Morgan fingerprint density at radius 1 is 1.28 bits per heavy atom. The van der Waals surface area contributed by atoms with E-state index in [4.69, 9.17) is 9.47 Å². The molecule has 0 fully saturated rings. The van der Waals surface area contributed by atoms with E-state index in [1.165, 1.54) is 6.92 Å². The summed E-state index contributed by atoms with van der Waals surface area (Å²) in [6.07, 6.45) is -0.624. The number of amides is 1. The number of hydrogen-bond donors (Lipinski definition) is 2. The van der Waals surface area contributed by atoms with Crippen molar-refractivity contribution < 1.29 is 19.4 Å². The molecule has 6 nitrogen and oxygen atoms in total. The lowest BCUT2D eigenvalue weighted by molar-refractivity contribution is -0.114. The molecule has 2 N–H and O–H groups in total. The van der Waals surface area contributed by atoms with Crippen LogP contribution in [0.4, 0.5) is 11.4 Å². The number of ether oxygens (including phenoxy) is 2. The SMILES string of the molecule is CC(=O)Nc1ccc(OC[C@H](O)CN2CCOc3ccccc32)cc1. The summed E-state index contributed by atoms with van der Waals surface area (Å²) >= 11 is 0. The zero-order valence-electron chi connectivity index (χ0n) is 14.1. The number of β-amino-alcohol motifs (C(OH)–C–C–N with tert-alkyl or cyclic N) is 1. The van der Waals surface area contributed by atoms with E-state index in [1.54, 1.807) is 24.3 Å². The number of aliphatic hydroxyl groups is 1. The minimum atomic E-state index is -0.624. The molecular formula is C19H22N2O4. The highest BCUT2D eigenvalue weighted by molar-refractivity contribution is 5.88. The van der Waals surface area contributed by atoms with E-state index < -0.39 is 6.10 Å². The molecule has 25 heavy (non-hydrogen) atoms. The summed E-state index contributed by atoms with van der Waals surface area (Å²) in [6, 6.07) is 14.9. The highest BCUT2D eigenvalue weighted by Gasteiger charge is 2.20. The minimum absolute atomic E-state index is 0.116. The van der Waals surface area contributed by atoms with Crippen LogP contribution in [0.15, 0.2) is 48.5 Å². The minimum Gasteiger partial charge on any atom is -0.491 e. The summed E-state index contributed by atoms with van der Waals surface area (Å²) in [4.78, 5) is 13.1. The molecule has 0 unspecified atom stereocenters. The highest BCUT2D eigenvalue weighted by atomic mass is 16.5. The average molecular weight is 342 g/mol. The third-order valence-corrected chi connectivity index (χ3v) is 3.87. The van der Waals surface area contributed by atoms with Gasteiger partial charge in [0.1, 0.15) is 30.8 Å². The Labute approximate surface area is 147 Å². The molecule has 1 heterocycles. The molecule has 2 aromatic carbocycles. The molecule has 1 aliphatic heterocycles. The smallest absolute Gasteiger partial charge is 0.221 e. The maximum atomic E-state index is 11.0. The Hall–Kier alpha value is -2.73. The fraction of sp³-hybridized carbons (Fsp3) is 0.316. The molecule has 0 aromatic heterocycles. The van der Waals surface area contributed by atoms with Gasteiger partial charge in [-0.15, -0.1) is 0 Å². The van der Waals surface area contributed by atoms with E-state index in [0.717, 1.165) is 18.0 Å². The van der Waals surface area contributed by atoms with Crippen LogP contribution in [0.1, 0.15) is 6.92 Å². The molecule has 0 spiro atoms. The molecule has 3 rings (SSSR count). The lowest BCUT2D eigenvalue weighted by Gasteiger charge is -2.32. The van der Waals surface area contributed by atoms with Gasteiger partial charge in [-0.2, -0.15) is 0 Å². The van der Waals surface area contributed by atoms with Crippen molar-refractivity contribution in [2.75, 3.05) is 36.5 Å². The fourth-order valence-corrected chi connectivity index (χ4v) is 2.75. The van der Waals surface area contributed by atoms with Gasteiger partial charge in [0, 0.05) is 19.2 Å². The van der Waals surface area contributed by atoms with Crippen LogP contribution in [0.3, 0.4) is 0 Å². The van der Waals surface area contributed by atoms with E-state index in [2.05, 4.69) is 10.2 Å². The summed E-state index contributed by atoms with van der Waals surface area (Å²) in [5.41, 5.74) is 1.71. The first-order valence-electron chi connectivity index (χ1n) is 8.27. The van der Waals surface area contributed by atoms with Crippen molar-refractivity contribution in [3.05, 3.63) is 48.5 Å². The second-order valence-electron chi connectivity index (χ2n) is 5.93. The van der Waals surface area contributed by atoms with Crippen LogP contribution < -0.4 is 19.7 Å². The van der Waals surface area contributed by atoms with Crippen LogP contribution in [0.25, 0.3) is 0 Å². The maximum absolute atomic E-state index is 11.0. The first-order chi connectivity index (χ1) is 12.1. The maximum Gasteiger partial charge on any atom is 0.221 e. The van der Waals surface area contributed by atoms with Gasteiger partial charge in [0.15, 0.2) is 0 Å². The van der Waals surface area contributed by atoms with Gasteiger partial charge in [-0.05, 0) is 36.4 Å². The zero-order chi connectivity index (χ0) is 17.6. The number of anilines is 2. The number of carbonyl (C=O) groups is 1. The largest absolute Gasteiger partial charge is 0.491 e. The van der Waals surface area contributed by atoms with Crippen molar-refractivity contribution in [2.24, 2.45) is 0 Å². The third kappa shape index (κ3) is 4.64. The van der Waals surface area contributed by atoms with Crippen molar-refractivity contribution in [2.45, 2.75) is 13.0 Å². The molecule has 1 amide bonds. The summed E-state index contributed by atoms with van der Waals surface area (Å²) in [5, 5.41) is 13.0. The molecule has 0 radical (unpaired) electrons. The molecule has 1 aliphatic rings. The summed E-state index contributed by atoms with van der Waals surface area (Å²) in [7, 11) is 0. The summed E-state index contributed by atoms with van der Waals surface area (Å²) < 4.78 is 11.3. The lowest BCUT2D eigenvalue weighted by Crippen LogP contribution is -2.40. The standard InChI is InChI=1S/C19H22N2O4/c1-14(22)20-15-6-8-17(9-7-15)25-13-16(23)12-21-10-11-24-19-5-3-2-4-18(19)21/h2-9,16,23H,10-13H2,1H3,(H,20,22)/t16-/m1/s1. The van der Waals surface area contributed by atoms with E-state index >= 15 is 0 Å². The van der Waals surface area contributed by atoms with Crippen LogP contribution >= 0.6 is 0 Å². The Morgan fingerprint density at radius 2 is 2.04 bits per heavy atom. The molecular weight excluding hydrogens is 320 g/mol. The van der Waals surface area contributed by atoms with Crippen molar-refractivity contribution in [1.29, 1.82) is 0 Å². The Bertz CT molecular complexity index is 718. The molecule has 0 bridgehead atoms. The number of hydrogen-bond acceptors (Lipinski definition) is 5. The number of rotatable bonds is 6. The van der Waals surface area contributed by atoms with E-state index in [-0.39, 0.29) is 12.5 Å². The Kier molecular flexibility index (Phi) is 5.40. The first-order valence-corrected chi connectivity index (χ1v) is 8.27. The number of carbonyl (C=O) groups excluding carboxylic acids is 1. The predicted octanol–water partition coefficient (Wildman–Crippen LogP) is 2.28. The van der Waals surface area contributed by atoms with E-state index in [9.17, 15) is 9.90 Å². The molecule has 0 saturated carbocycles. The van der Waals surface area contributed by atoms with Crippen molar-refractivity contribution in [1.82, 2.24) is 0 Å². The molecule has 1 atom stereocenters. The highest BCUT2D eigenvalue weighted by Crippen LogP contribution is 2.30. The molecule has 0 saturated heterocycles. The monoisotopic (exact) mass is 342 g/mol. The van der Waals surface area contributed by atoms with E-state index in [1.807, 2.05) is 24.3 Å². The number of benzene rings is 2. The number of aliphatic hydroxyl groups excluding tert-OH is 1. The topological polar surface area (TPSA) is 71.0 Å². The van der Waals surface area contributed by atoms with Gasteiger partial charge >= 0.3 is 0 Å². The van der Waals surface area contributed by atoms with Gasteiger partial charge in [0.25, 0.3) is 0 Å². The predicted molar refractivity (Wildman–Crippen MR) is 96.4 cm³/mol. The Balaban J connectivity index is 1.52. The second kappa shape index (κ2) is 7.90. The normalized spacial score (nSPS) is 14.2. The van der Waals surface area contributed by atoms with Crippen molar-refractivity contribution >= 4 is 17.3 Å². The van der Waals surface area contributed by atoms with Gasteiger partial charge in [0.2, 0.25) is 5.91 Å². The van der Waals surface area contributed by atoms with Gasteiger partial charge in [-0.25, -0.2) is 0 Å². The number of para-hydroxylation sites is 2. The van der Waals surface area contributed by atoms with Crippen molar-refractivity contribution in [3.63, 3.8) is 0 Å². The number of fused-ring (bicyclic) bond motifs is 1. The molecule has 0 aliphatic carbocycles. The average Bonchev–Trinajstić information content (AvgIpc) is 2.61. The quantitative estimate of drug-likeness (QED) is 0.843. The molecule has 2 aromatic rings. The van der Waals surface area contributed by atoms with Gasteiger partial charge in [-0.1, -0.05) is 12.1 Å². The molecule has 132 valence electrons. The van der Waals surface area contributed by atoms with Crippen LogP contribution in [-0.4, -0.2) is 43.4 Å². The van der Waals surface area contributed by atoms with Crippen LogP contribution in [-0.2, 0) is 4.79 Å². The number of nitrogens with one attached hydrogen (secondary N) is 1. The van der Waals surface area contributed by atoms with Gasteiger partial charge in [-0.3, -0.25) is 4.79 Å². The lowest BCUT2D eigenvalue weighted by atomic mass is 10.2. The fourth-order valence-electron chi connectivity index (χ4n) is 2.75. The van der Waals surface area contributed by atoms with Crippen LogP contribution in [0, 0.1) is 0 Å². The first kappa shape index (κ1) is 17.1.